The van der Waals surface area contributed by atoms with Gasteiger partial charge in [-0.25, -0.2) is 0 Å². The average Bonchev–Trinajstić information content (AvgIpc) is 2.58. The van der Waals surface area contributed by atoms with Crippen LogP contribution in [0, 0.1) is 12.3 Å². The number of aromatic nitrogens is 1. The van der Waals surface area contributed by atoms with Gasteiger partial charge < -0.3 is 9.80 Å². The zero-order valence-electron chi connectivity index (χ0n) is 14.0. The Morgan fingerprint density at radius 3 is 2.70 bits per heavy atom. The minimum absolute atomic E-state index is 0.0877. The second-order valence-corrected chi connectivity index (χ2v) is 6.89. The Morgan fingerprint density at radius 1 is 1.30 bits per heavy atom. The van der Waals surface area contributed by atoms with Crippen molar-refractivity contribution in [2.75, 3.05) is 26.2 Å². The third-order valence-corrected chi connectivity index (χ3v) is 5.51. The van der Waals surface area contributed by atoms with E-state index >= 15 is 0 Å². The molecule has 5 heteroatoms. The van der Waals surface area contributed by atoms with Crippen molar-refractivity contribution in [1.82, 2.24) is 14.8 Å². The van der Waals surface area contributed by atoms with Crippen LogP contribution in [-0.2, 0) is 4.79 Å². The Labute approximate surface area is 137 Å². The van der Waals surface area contributed by atoms with Crippen molar-refractivity contribution in [2.45, 2.75) is 39.5 Å². The normalized spacial score (nSPS) is 20.9. The van der Waals surface area contributed by atoms with Crippen LogP contribution in [0.3, 0.4) is 0 Å². The molecule has 3 heterocycles. The molecule has 3 rings (SSSR count). The number of carbonyl (C=O) groups is 2. The van der Waals surface area contributed by atoms with Crippen LogP contribution in [0.25, 0.3) is 0 Å². The molecule has 0 radical (unpaired) electrons. The molecule has 1 aromatic heterocycles. The lowest BCUT2D eigenvalue weighted by atomic mass is 9.72. The number of hydrogen-bond donors (Lipinski definition) is 0. The molecular weight excluding hydrogens is 290 g/mol. The largest absolute Gasteiger partial charge is 0.342 e. The summed E-state index contributed by atoms with van der Waals surface area (Å²) >= 11 is 0. The number of likely N-dealkylation sites (tertiary alicyclic amines) is 2. The first-order valence-electron chi connectivity index (χ1n) is 8.52. The number of rotatable bonds is 2. The molecule has 1 spiro atoms. The molecule has 2 amide bonds. The van der Waals surface area contributed by atoms with Gasteiger partial charge in [0.05, 0.1) is 5.56 Å². The molecule has 0 saturated carbocycles. The maximum absolute atomic E-state index is 12.7. The number of carbonyl (C=O) groups excluding carboxylic acids is 2. The van der Waals surface area contributed by atoms with E-state index in [1.54, 1.807) is 12.4 Å². The average molecular weight is 315 g/mol. The third-order valence-electron chi connectivity index (χ3n) is 5.51. The highest BCUT2D eigenvalue weighted by atomic mass is 16.2. The van der Waals surface area contributed by atoms with Gasteiger partial charge in [0.1, 0.15) is 0 Å². The summed E-state index contributed by atoms with van der Waals surface area (Å²) in [6.07, 6.45) is 6.99. The van der Waals surface area contributed by atoms with Crippen LogP contribution >= 0.6 is 0 Å². The van der Waals surface area contributed by atoms with Gasteiger partial charge >= 0.3 is 0 Å². The van der Waals surface area contributed by atoms with Crippen molar-refractivity contribution in [3.05, 3.63) is 29.6 Å². The maximum atomic E-state index is 12.7. The zero-order valence-corrected chi connectivity index (χ0v) is 14.0. The number of piperidine rings is 2. The smallest absolute Gasteiger partial charge is 0.255 e. The Bertz CT molecular complexity index is 606. The van der Waals surface area contributed by atoms with E-state index in [0.29, 0.717) is 12.0 Å². The monoisotopic (exact) mass is 315 g/mol. The van der Waals surface area contributed by atoms with Gasteiger partial charge in [0.2, 0.25) is 5.91 Å². The summed E-state index contributed by atoms with van der Waals surface area (Å²) in [7, 11) is 0. The SMILES string of the molecule is CCN1CC2(CCC1=O)CCN(C(=O)c1cnccc1C)CC2. The summed E-state index contributed by atoms with van der Waals surface area (Å²) < 4.78 is 0. The summed E-state index contributed by atoms with van der Waals surface area (Å²) in [5.74, 6) is 0.368. The topological polar surface area (TPSA) is 53.5 Å². The van der Waals surface area contributed by atoms with Crippen molar-refractivity contribution in [3.63, 3.8) is 0 Å². The van der Waals surface area contributed by atoms with Crippen molar-refractivity contribution in [2.24, 2.45) is 5.41 Å². The van der Waals surface area contributed by atoms with Crippen LogP contribution in [0.1, 0.15) is 48.5 Å². The predicted octanol–water partition coefficient (Wildman–Crippen LogP) is 2.25. The molecule has 0 atom stereocenters. The van der Waals surface area contributed by atoms with E-state index in [-0.39, 0.29) is 17.2 Å². The molecular formula is C18H25N3O2. The highest BCUT2D eigenvalue weighted by Crippen LogP contribution is 2.40. The molecule has 2 aliphatic heterocycles. The Kier molecular flexibility index (Phi) is 4.37. The molecule has 0 aliphatic carbocycles. The van der Waals surface area contributed by atoms with Gasteiger partial charge in [0.15, 0.2) is 0 Å². The number of pyridine rings is 1. The summed E-state index contributed by atoms with van der Waals surface area (Å²) in [5.41, 5.74) is 1.90. The van der Waals surface area contributed by atoms with Gasteiger partial charge in [-0.1, -0.05) is 0 Å². The molecule has 1 aromatic rings. The van der Waals surface area contributed by atoms with Crippen molar-refractivity contribution < 1.29 is 9.59 Å². The zero-order chi connectivity index (χ0) is 16.4. The molecule has 0 bridgehead atoms. The first-order chi connectivity index (χ1) is 11.0. The van der Waals surface area contributed by atoms with Crippen LogP contribution in [0.4, 0.5) is 0 Å². The van der Waals surface area contributed by atoms with Gasteiger partial charge in [-0.15, -0.1) is 0 Å². The summed E-state index contributed by atoms with van der Waals surface area (Å²) in [6, 6.07) is 1.88. The summed E-state index contributed by atoms with van der Waals surface area (Å²) in [5, 5.41) is 0. The standard InChI is InChI=1S/C18H25N3O2/c1-3-20-13-18(6-4-16(20)22)7-10-21(11-8-18)17(23)15-12-19-9-5-14(15)2/h5,9,12H,3-4,6-8,10-11,13H2,1-2H3. The minimum Gasteiger partial charge on any atom is -0.342 e. The highest BCUT2D eigenvalue weighted by molar-refractivity contribution is 5.95. The lowest BCUT2D eigenvalue weighted by molar-refractivity contribution is -0.138. The fourth-order valence-corrected chi connectivity index (χ4v) is 3.84. The van der Waals surface area contributed by atoms with Crippen molar-refractivity contribution in [1.29, 1.82) is 0 Å². The van der Waals surface area contributed by atoms with Crippen LogP contribution in [0.5, 0.6) is 0 Å². The first-order valence-corrected chi connectivity index (χ1v) is 8.52. The van der Waals surface area contributed by atoms with E-state index in [4.69, 9.17) is 0 Å². The van der Waals surface area contributed by atoms with Crippen molar-refractivity contribution in [3.8, 4) is 0 Å². The Balaban J connectivity index is 1.66. The molecule has 0 unspecified atom stereocenters. The lowest BCUT2D eigenvalue weighted by Crippen LogP contribution is -2.52. The fraction of sp³-hybridized carbons (Fsp3) is 0.611. The third kappa shape index (κ3) is 3.09. The van der Waals surface area contributed by atoms with E-state index in [9.17, 15) is 9.59 Å². The van der Waals surface area contributed by atoms with E-state index in [0.717, 1.165) is 51.0 Å². The van der Waals surface area contributed by atoms with E-state index in [1.807, 2.05) is 29.7 Å². The Morgan fingerprint density at radius 2 is 2.04 bits per heavy atom. The molecule has 0 aromatic carbocycles. The van der Waals surface area contributed by atoms with Crippen molar-refractivity contribution >= 4 is 11.8 Å². The van der Waals surface area contributed by atoms with Gasteiger partial charge in [0.25, 0.3) is 5.91 Å². The number of amides is 2. The molecule has 2 fully saturated rings. The van der Waals surface area contributed by atoms with Crippen LogP contribution in [0.2, 0.25) is 0 Å². The fourth-order valence-electron chi connectivity index (χ4n) is 3.84. The van der Waals surface area contributed by atoms with Gasteiger partial charge in [-0.3, -0.25) is 14.6 Å². The highest BCUT2D eigenvalue weighted by Gasteiger charge is 2.41. The molecule has 23 heavy (non-hydrogen) atoms. The molecule has 124 valence electrons. The van der Waals surface area contributed by atoms with E-state index in [2.05, 4.69) is 4.98 Å². The van der Waals surface area contributed by atoms with E-state index in [1.165, 1.54) is 0 Å². The first kappa shape index (κ1) is 16.0. The molecule has 2 aliphatic rings. The quantitative estimate of drug-likeness (QED) is 0.841. The second kappa shape index (κ2) is 6.30. The molecule has 0 N–H and O–H groups in total. The molecule has 2 saturated heterocycles. The Hall–Kier alpha value is -1.91. The lowest BCUT2D eigenvalue weighted by Gasteiger charge is -2.47. The van der Waals surface area contributed by atoms with Gasteiger partial charge in [0, 0.05) is 45.0 Å². The number of aryl methyl sites for hydroxylation is 1. The number of nitrogens with zero attached hydrogens (tertiary/aromatic N) is 3. The van der Waals surface area contributed by atoms with Crippen LogP contribution in [-0.4, -0.2) is 52.8 Å². The van der Waals surface area contributed by atoms with Gasteiger partial charge in [-0.2, -0.15) is 0 Å². The van der Waals surface area contributed by atoms with Gasteiger partial charge in [-0.05, 0) is 50.2 Å². The minimum atomic E-state index is 0.0877. The summed E-state index contributed by atoms with van der Waals surface area (Å²) in [6.45, 7) is 7.19. The summed E-state index contributed by atoms with van der Waals surface area (Å²) in [4.78, 5) is 32.6. The van der Waals surface area contributed by atoms with E-state index < -0.39 is 0 Å². The maximum Gasteiger partial charge on any atom is 0.255 e. The predicted molar refractivity (Wildman–Crippen MR) is 88.0 cm³/mol. The van der Waals surface area contributed by atoms with Crippen LogP contribution < -0.4 is 0 Å². The number of hydrogen-bond acceptors (Lipinski definition) is 3. The molecule has 5 nitrogen and oxygen atoms in total. The van der Waals surface area contributed by atoms with Crippen LogP contribution in [0.15, 0.2) is 18.5 Å². The second-order valence-electron chi connectivity index (χ2n) is 6.89.